The van der Waals surface area contributed by atoms with Crippen molar-refractivity contribution in [2.75, 3.05) is 0 Å². The van der Waals surface area contributed by atoms with E-state index in [1.165, 1.54) is 16.7 Å². The minimum Gasteiger partial charge on any atom is -0.208 e. The Kier molecular flexibility index (Phi) is 6.69. The maximum Gasteiger partial charge on any atom is 0.164 e. The third-order valence-electron chi connectivity index (χ3n) is 6.14. The highest BCUT2D eigenvalue weighted by Gasteiger charge is 2.13. The lowest BCUT2D eigenvalue weighted by atomic mass is 10.0. The summed E-state index contributed by atoms with van der Waals surface area (Å²) in [5.74, 6) is 3.57. The molecule has 0 aliphatic heterocycles. The van der Waals surface area contributed by atoms with Gasteiger partial charge >= 0.3 is 0 Å². The van der Waals surface area contributed by atoms with Crippen LogP contribution < -0.4 is 0 Å². The molecule has 3 heteroatoms. The van der Waals surface area contributed by atoms with Gasteiger partial charge in [0.1, 0.15) is 0 Å². The van der Waals surface area contributed by atoms with Crippen LogP contribution in [0.4, 0.5) is 0 Å². The summed E-state index contributed by atoms with van der Waals surface area (Å²) in [4.78, 5) is 14.6. The fourth-order valence-corrected chi connectivity index (χ4v) is 3.81. The molecule has 0 bridgehead atoms. The van der Waals surface area contributed by atoms with Gasteiger partial charge in [-0.05, 0) is 34.4 Å². The van der Waals surface area contributed by atoms with Crippen molar-refractivity contribution < 1.29 is 0 Å². The zero-order chi connectivity index (χ0) is 23.5. The molecule has 0 fully saturated rings. The van der Waals surface area contributed by atoms with E-state index in [4.69, 9.17) is 15.0 Å². The van der Waals surface area contributed by atoms with E-state index in [2.05, 4.69) is 114 Å². The van der Waals surface area contributed by atoms with Gasteiger partial charge in [0.25, 0.3) is 0 Å². The van der Waals surface area contributed by atoms with Gasteiger partial charge in [-0.3, -0.25) is 0 Å². The smallest absolute Gasteiger partial charge is 0.164 e. The standard InChI is InChI=1S/C30H33N3/c1-19(2)22-7-13-25(14-8-22)28-31-29(26-15-9-23(10-16-26)20(3)4)33-30(32-28)27-17-11-24(12-18-27)21(5)6/h7-21H,1-6H3. The Bertz CT molecular complexity index is 1030. The SMILES string of the molecule is CC(C)c1ccc(-c2nc(-c3ccc(C(C)C)cc3)nc(-c3ccc(C(C)C)cc3)n2)cc1. The monoisotopic (exact) mass is 435 g/mol. The summed E-state index contributed by atoms with van der Waals surface area (Å²) in [6, 6.07) is 25.7. The highest BCUT2D eigenvalue weighted by molar-refractivity contribution is 5.66. The molecular formula is C30H33N3. The summed E-state index contributed by atoms with van der Waals surface area (Å²) < 4.78 is 0. The Morgan fingerprint density at radius 3 is 0.758 bits per heavy atom. The van der Waals surface area contributed by atoms with Crippen molar-refractivity contribution in [3.05, 3.63) is 89.5 Å². The van der Waals surface area contributed by atoms with Gasteiger partial charge in [-0.15, -0.1) is 0 Å². The highest BCUT2D eigenvalue weighted by atomic mass is 15.0. The van der Waals surface area contributed by atoms with E-state index in [0.717, 1.165) is 16.7 Å². The normalized spacial score (nSPS) is 11.5. The van der Waals surface area contributed by atoms with Crippen molar-refractivity contribution in [2.24, 2.45) is 0 Å². The first kappa shape index (κ1) is 22.8. The molecule has 0 unspecified atom stereocenters. The van der Waals surface area contributed by atoms with Gasteiger partial charge in [0, 0.05) is 16.7 Å². The minimum absolute atomic E-state index is 0.488. The minimum atomic E-state index is 0.488. The van der Waals surface area contributed by atoms with Crippen LogP contribution in [0.15, 0.2) is 72.8 Å². The summed E-state index contributed by atoms with van der Waals surface area (Å²) in [6.45, 7) is 13.2. The Labute approximate surface area is 198 Å². The first-order valence-corrected chi connectivity index (χ1v) is 11.9. The van der Waals surface area contributed by atoms with Crippen LogP contribution in [0, 0.1) is 0 Å². The van der Waals surface area contributed by atoms with E-state index in [9.17, 15) is 0 Å². The molecule has 4 rings (SSSR count). The third kappa shape index (κ3) is 5.19. The number of hydrogen-bond donors (Lipinski definition) is 0. The second kappa shape index (κ2) is 9.66. The van der Waals surface area contributed by atoms with E-state index >= 15 is 0 Å². The molecule has 0 saturated heterocycles. The maximum absolute atomic E-state index is 4.87. The molecule has 3 nitrogen and oxygen atoms in total. The molecule has 0 spiro atoms. The molecule has 0 radical (unpaired) electrons. The zero-order valence-electron chi connectivity index (χ0n) is 20.5. The number of benzene rings is 3. The molecule has 1 aromatic heterocycles. The Morgan fingerprint density at radius 1 is 0.364 bits per heavy atom. The molecule has 0 saturated carbocycles. The molecular weight excluding hydrogens is 402 g/mol. The molecule has 0 aliphatic rings. The van der Waals surface area contributed by atoms with Crippen LogP contribution in [-0.2, 0) is 0 Å². The lowest BCUT2D eigenvalue weighted by Gasteiger charge is -2.11. The Balaban J connectivity index is 1.81. The summed E-state index contributed by atoms with van der Waals surface area (Å²) in [5, 5.41) is 0. The second-order valence-corrected chi connectivity index (χ2v) is 9.64. The third-order valence-corrected chi connectivity index (χ3v) is 6.14. The Hall–Kier alpha value is -3.33. The topological polar surface area (TPSA) is 38.7 Å². The predicted molar refractivity (Wildman–Crippen MR) is 138 cm³/mol. The van der Waals surface area contributed by atoms with Gasteiger partial charge in [0.05, 0.1) is 0 Å². The van der Waals surface area contributed by atoms with Crippen LogP contribution >= 0.6 is 0 Å². The van der Waals surface area contributed by atoms with Crippen LogP contribution in [0.2, 0.25) is 0 Å². The molecule has 0 N–H and O–H groups in total. The molecule has 0 aliphatic carbocycles. The fraction of sp³-hybridized carbons (Fsp3) is 0.300. The van der Waals surface area contributed by atoms with Crippen LogP contribution in [0.5, 0.6) is 0 Å². The molecule has 168 valence electrons. The fourth-order valence-electron chi connectivity index (χ4n) is 3.81. The van der Waals surface area contributed by atoms with E-state index in [1.807, 2.05) is 0 Å². The van der Waals surface area contributed by atoms with E-state index in [1.54, 1.807) is 0 Å². The summed E-state index contributed by atoms with van der Waals surface area (Å²) in [6.07, 6.45) is 0. The number of hydrogen-bond acceptors (Lipinski definition) is 3. The van der Waals surface area contributed by atoms with E-state index in [0.29, 0.717) is 35.2 Å². The highest BCUT2D eigenvalue weighted by Crippen LogP contribution is 2.27. The summed E-state index contributed by atoms with van der Waals surface area (Å²) in [7, 11) is 0. The predicted octanol–water partition coefficient (Wildman–Crippen LogP) is 8.24. The molecule has 0 atom stereocenters. The first-order valence-electron chi connectivity index (χ1n) is 11.9. The summed E-state index contributed by atoms with van der Waals surface area (Å²) >= 11 is 0. The average molecular weight is 436 g/mol. The van der Waals surface area contributed by atoms with Crippen LogP contribution in [-0.4, -0.2) is 15.0 Å². The van der Waals surface area contributed by atoms with Crippen LogP contribution in [0.25, 0.3) is 34.2 Å². The lowest BCUT2D eigenvalue weighted by molar-refractivity contribution is 0.866. The van der Waals surface area contributed by atoms with Crippen LogP contribution in [0.1, 0.15) is 76.0 Å². The maximum atomic E-state index is 4.87. The number of nitrogens with zero attached hydrogens (tertiary/aromatic N) is 3. The van der Waals surface area contributed by atoms with Gasteiger partial charge in [0.2, 0.25) is 0 Å². The quantitative estimate of drug-likeness (QED) is 0.306. The lowest BCUT2D eigenvalue weighted by Crippen LogP contribution is -2.01. The van der Waals surface area contributed by atoms with Gasteiger partial charge in [-0.25, -0.2) is 15.0 Å². The van der Waals surface area contributed by atoms with E-state index in [-0.39, 0.29) is 0 Å². The van der Waals surface area contributed by atoms with Crippen molar-refractivity contribution in [2.45, 2.75) is 59.3 Å². The molecule has 0 amide bonds. The van der Waals surface area contributed by atoms with Crippen molar-refractivity contribution in [1.82, 2.24) is 15.0 Å². The van der Waals surface area contributed by atoms with Crippen molar-refractivity contribution >= 4 is 0 Å². The van der Waals surface area contributed by atoms with Gasteiger partial charge in [-0.1, -0.05) is 114 Å². The number of aromatic nitrogens is 3. The van der Waals surface area contributed by atoms with Crippen molar-refractivity contribution in [3.63, 3.8) is 0 Å². The average Bonchev–Trinajstić information content (AvgIpc) is 2.84. The zero-order valence-corrected chi connectivity index (χ0v) is 20.5. The van der Waals surface area contributed by atoms with Crippen LogP contribution in [0.3, 0.4) is 0 Å². The molecule has 33 heavy (non-hydrogen) atoms. The largest absolute Gasteiger partial charge is 0.208 e. The van der Waals surface area contributed by atoms with E-state index < -0.39 is 0 Å². The Morgan fingerprint density at radius 2 is 0.576 bits per heavy atom. The first-order chi connectivity index (χ1) is 15.8. The summed E-state index contributed by atoms with van der Waals surface area (Å²) in [5.41, 5.74) is 6.93. The molecule has 3 aromatic carbocycles. The second-order valence-electron chi connectivity index (χ2n) is 9.64. The van der Waals surface area contributed by atoms with Gasteiger partial charge in [-0.2, -0.15) is 0 Å². The van der Waals surface area contributed by atoms with Gasteiger partial charge < -0.3 is 0 Å². The molecule has 4 aromatic rings. The van der Waals surface area contributed by atoms with Crippen molar-refractivity contribution in [3.8, 4) is 34.2 Å². The van der Waals surface area contributed by atoms with Crippen molar-refractivity contribution in [1.29, 1.82) is 0 Å². The number of rotatable bonds is 6. The molecule has 1 heterocycles. The van der Waals surface area contributed by atoms with Gasteiger partial charge in [0.15, 0.2) is 17.5 Å².